The monoisotopic (exact) mass is 382 g/mol. The third-order valence-electron chi connectivity index (χ3n) is 3.63. The summed E-state index contributed by atoms with van der Waals surface area (Å²) in [6.07, 6.45) is 2.18. The van der Waals surface area contributed by atoms with Crippen LogP contribution in [0.3, 0.4) is 0 Å². The Morgan fingerprint density at radius 3 is 2.59 bits per heavy atom. The van der Waals surface area contributed by atoms with Crippen molar-refractivity contribution in [1.82, 2.24) is 5.32 Å². The number of rotatable bonds is 4. The van der Waals surface area contributed by atoms with E-state index < -0.39 is 0 Å². The summed E-state index contributed by atoms with van der Waals surface area (Å²) in [5.41, 5.74) is 1.25. The quantitative estimate of drug-likeness (QED) is 0.706. The molecule has 0 unspecified atom stereocenters. The van der Waals surface area contributed by atoms with Crippen LogP contribution in [0.1, 0.15) is 15.9 Å². The van der Waals surface area contributed by atoms with Gasteiger partial charge in [-0.1, -0.05) is 11.6 Å². The number of aldehydes is 1. The number of amidine groups is 2. The zero-order valence-corrected chi connectivity index (χ0v) is 15.0. The number of nitrogens with one attached hydrogen (secondary N) is 2. The highest BCUT2D eigenvalue weighted by molar-refractivity contribution is 6.33. The van der Waals surface area contributed by atoms with Gasteiger partial charge in [0.25, 0.3) is 0 Å². The molecule has 0 saturated carbocycles. The fourth-order valence-electron chi connectivity index (χ4n) is 2.33. The highest BCUT2D eigenvalue weighted by Crippen LogP contribution is 2.23. The van der Waals surface area contributed by atoms with E-state index in [0.717, 1.165) is 0 Å². The van der Waals surface area contributed by atoms with E-state index in [1.807, 2.05) is 0 Å². The smallest absolute Gasteiger partial charge is 0.233 e. The number of hydrogen-bond acceptors (Lipinski definition) is 6. The Morgan fingerprint density at radius 2 is 1.93 bits per heavy atom. The van der Waals surface area contributed by atoms with Gasteiger partial charge in [-0.2, -0.15) is 4.99 Å². The van der Waals surface area contributed by atoms with Crippen molar-refractivity contribution < 1.29 is 14.6 Å². The molecule has 0 fully saturated rings. The minimum atomic E-state index is -0.0398. The molecule has 136 valence electrons. The van der Waals surface area contributed by atoms with Crippen LogP contribution < -0.4 is 10.1 Å². The number of benzene rings is 2. The molecule has 0 aliphatic carbocycles. The molecular formula is C19H15ClN4O3. The topological polar surface area (TPSA) is 107 Å². The van der Waals surface area contributed by atoms with Crippen molar-refractivity contribution in [2.45, 2.75) is 0 Å². The summed E-state index contributed by atoms with van der Waals surface area (Å²) < 4.78 is 5.82. The second-order valence-electron chi connectivity index (χ2n) is 5.50. The number of aromatic hydroxyl groups is 1. The lowest BCUT2D eigenvalue weighted by atomic mass is 10.1. The standard InChI is InChI=1S/C19H15ClN4O3/c1-22-9-15-17(21)23-18(11-2-4-13(26)5-3-11)24-19(15)27-14-6-7-16(20)12(8-14)10-25/h2-10,21-22,26H,1H3/b15-9+,21-17?. The molecule has 7 nitrogen and oxygen atoms in total. The van der Waals surface area contributed by atoms with Crippen LogP contribution in [0.2, 0.25) is 5.02 Å². The summed E-state index contributed by atoms with van der Waals surface area (Å²) in [7, 11) is 1.68. The van der Waals surface area contributed by atoms with Crippen molar-refractivity contribution >= 4 is 35.5 Å². The van der Waals surface area contributed by atoms with Crippen molar-refractivity contribution in [2.24, 2.45) is 9.98 Å². The molecule has 2 aromatic carbocycles. The first kappa shape index (κ1) is 18.3. The van der Waals surface area contributed by atoms with Gasteiger partial charge in [-0.3, -0.25) is 10.2 Å². The number of phenolic OH excluding ortho intramolecular Hbond substituents is 1. The van der Waals surface area contributed by atoms with Gasteiger partial charge >= 0.3 is 0 Å². The van der Waals surface area contributed by atoms with E-state index in [9.17, 15) is 9.90 Å². The van der Waals surface area contributed by atoms with Crippen molar-refractivity contribution in [3.05, 3.63) is 70.4 Å². The minimum absolute atomic E-state index is 0.0398. The van der Waals surface area contributed by atoms with Crippen LogP contribution in [0, 0.1) is 5.41 Å². The van der Waals surface area contributed by atoms with Gasteiger partial charge in [-0.25, -0.2) is 4.99 Å². The third-order valence-corrected chi connectivity index (χ3v) is 3.98. The molecule has 0 atom stereocenters. The number of halogens is 1. The van der Waals surface area contributed by atoms with Gasteiger partial charge in [0.2, 0.25) is 5.90 Å². The summed E-state index contributed by atoms with van der Waals surface area (Å²) in [6, 6.07) is 10.9. The lowest BCUT2D eigenvalue weighted by Crippen LogP contribution is -2.26. The van der Waals surface area contributed by atoms with E-state index in [0.29, 0.717) is 28.2 Å². The number of nitrogens with zero attached hydrogens (tertiary/aromatic N) is 2. The van der Waals surface area contributed by atoms with E-state index in [4.69, 9.17) is 21.7 Å². The van der Waals surface area contributed by atoms with Crippen LogP contribution in [0.15, 0.2) is 64.2 Å². The molecule has 27 heavy (non-hydrogen) atoms. The molecule has 0 saturated heterocycles. The molecule has 3 N–H and O–H groups in total. The Morgan fingerprint density at radius 1 is 1.19 bits per heavy atom. The predicted octanol–water partition coefficient (Wildman–Crippen LogP) is 3.18. The normalized spacial score (nSPS) is 15.2. The number of aliphatic imine (C=N–C) groups is 2. The van der Waals surface area contributed by atoms with Gasteiger partial charge in [0.1, 0.15) is 11.5 Å². The van der Waals surface area contributed by atoms with E-state index >= 15 is 0 Å². The van der Waals surface area contributed by atoms with Gasteiger partial charge in [-0.15, -0.1) is 0 Å². The Kier molecular flexibility index (Phi) is 5.33. The minimum Gasteiger partial charge on any atom is -0.508 e. The summed E-state index contributed by atoms with van der Waals surface area (Å²) in [5, 5.41) is 20.8. The molecular weight excluding hydrogens is 368 g/mol. The average Bonchev–Trinajstić information content (AvgIpc) is 2.66. The maximum atomic E-state index is 11.1. The highest BCUT2D eigenvalue weighted by atomic mass is 35.5. The van der Waals surface area contributed by atoms with Gasteiger partial charge in [-0.05, 0) is 42.5 Å². The zero-order chi connectivity index (χ0) is 19.4. The number of carbonyl (C=O) groups excluding carboxylic acids is 1. The van der Waals surface area contributed by atoms with Crippen molar-refractivity contribution in [3.63, 3.8) is 0 Å². The second-order valence-corrected chi connectivity index (χ2v) is 5.90. The summed E-state index contributed by atoms with van der Waals surface area (Å²) >= 11 is 5.94. The Bertz CT molecular complexity index is 995. The molecule has 1 aliphatic heterocycles. The molecule has 0 radical (unpaired) electrons. The Balaban J connectivity index is 2.01. The Hall–Kier alpha value is -3.45. The summed E-state index contributed by atoms with van der Waals surface area (Å²) in [4.78, 5) is 19.7. The van der Waals surface area contributed by atoms with Crippen molar-refractivity contribution in [1.29, 1.82) is 5.41 Å². The van der Waals surface area contributed by atoms with Crippen molar-refractivity contribution in [3.8, 4) is 11.5 Å². The van der Waals surface area contributed by atoms with Crippen LogP contribution in [0.25, 0.3) is 0 Å². The highest BCUT2D eigenvalue weighted by Gasteiger charge is 2.23. The van der Waals surface area contributed by atoms with Crippen LogP contribution in [-0.2, 0) is 0 Å². The van der Waals surface area contributed by atoms with Crippen molar-refractivity contribution in [2.75, 3.05) is 7.05 Å². The van der Waals surface area contributed by atoms with E-state index in [1.165, 1.54) is 18.2 Å². The number of phenols is 1. The van der Waals surface area contributed by atoms with Gasteiger partial charge in [0.15, 0.2) is 18.0 Å². The van der Waals surface area contributed by atoms with Gasteiger partial charge in [0.05, 0.1) is 10.6 Å². The fourth-order valence-corrected chi connectivity index (χ4v) is 2.49. The third kappa shape index (κ3) is 4.04. The van der Waals surface area contributed by atoms with E-state index in [2.05, 4.69) is 15.3 Å². The van der Waals surface area contributed by atoms with Crippen LogP contribution in [0.5, 0.6) is 11.5 Å². The molecule has 8 heteroatoms. The molecule has 0 aromatic heterocycles. The molecule has 0 amide bonds. The summed E-state index contributed by atoms with van der Waals surface area (Å²) in [6.45, 7) is 0. The SMILES string of the molecule is CN/C=C1\C(=N)N=C(c2ccc(O)cc2)N=C1Oc1ccc(Cl)c(C=O)c1. The first-order chi connectivity index (χ1) is 13.0. The summed E-state index contributed by atoms with van der Waals surface area (Å²) in [5.74, 6) is 0.840. The fraction of sp³-hybridized carbons (Fsp3) is 0.0526. The lowest BCUT2D eigenvalue weighted by molar-refractivity contribution is 0.112. The maximum absolute atomic E-state index is 11.1. The second kappa shape index (κ2) is 7.84. The van der Waals surface area contributed by atoms with E-state index in [-0.39, 0.29) is 28.9 Å². The lowest BCUT2D eigenvalue weighted by Gasteiger charge is -2.17. The molecule has 2 aromatic rings. The zero-order valence-electron chi connectivity index (χ0n) is 14.2. The number of hydrogen-bond donors (Lipinski definition) is 3. The molecule has 0 spiro atoms. The molecule has 0 bridgehead atoms. The van der Waals surface area contributed by atoms with Crippen LogP contribution in [0.4, 0.5) is 0 Å². The van der Waals surface area contributed by atoms with E-state index in [1.54, 1.807) is 37.5 Å². The largest absolute Gasteiger partial charge is 0.508 e. The first-order valence-electron chi connectivity index (χ1n) is 7.88. The van der Waals surface area contributed by atoms with Gasteiger partial charge < -0.3 is 15.2 Å². The average molecular weight is 383 g/mol. The molecule has 1 aliphatic rings. The number of ether oxygens (including phenoxy) is 1. The number of carbonyl (C=O) groups is 1. The Labute approximate surface area is 160 Å². The van der Waals surface area contributed by atoms with Gasteiger partial charge in [0, 0.05) is 24.4 Å². The maximum Gasteiger partial charge on any atom is 0.233 e. The first-order valence-corrected chi connectivity index (χ1v) is 8.25. The molecule has 3 rings (SSSR count). The van der Waals surface area contributed by atoms with Crippen LogP contribution >= 0.6 is 11.6 Å². The predicted molar refractivity (Wildman–Crippen MR) is 104 cm³/mol. The van der Waals surface area contributed by atoms with Crippen LogP contribution in [-0.4, -0.2) is 36.0 Å². The molecule has 1 heterocycles.